The third-order valence-corrected chi connectivity index (χ3v) is 6.89. The third-order valence-electron chi connectivity index (χ3n) is 4.75. The molecule has 140 valence electrons. The van der Waals surface area contributed by atoms with Gasteiger partial charge in [-0.25, -0.2) is 0 Å². The van der Waals surface area contributed by atoms with Crippen molar-refractivity contribution in [3.63, 3.8) is 0 Å². The highest BCUT2D eigenvalue weighted by molar-refractivity contribution is 9.10. The molecule has 0 aromatic heterocycles. The molecule has 3 rings (SSSR count). The van der Waals surface area contributed by atoms with E-state index in [9.17, 15) is 5.11 Å². The van der Waals surface area contributed by atoms with Crippen molar-refractivity contribution in [1.29, 1.82) is 0 Å². The van der Waals surface area contributed by atoms with Crippen molar-refractivity contribution in [1.82, 2.24) is 4.90 Å². The average molecular weight is 457 g/mol. The Morgan fingerprint density at radius 3 is 2.92 bits per heavy atom. The van der Waals surface area contributed by atoms with Crippen molar-refractivity contribution in [3.8, 4) is 5.75 Å². The van der Waals surface area contributed by atoms with Gasteiger partial charge < -0.3 is 9.84 Å². The Balaban J connectivity index is 1.79. The molecule has 0 amide bonds. The molecule has 0 aliphatic carbocycles. The first-order valence-corrected chi connectivity index (χ1v) is 10.9. The maximum Gasteiger partial charge on any atom is 0.122 e. The van der Waals surface area contributed by atoms with Crippen LogP contribution in [0.3, 0.4) is 0 Å². The fourth-order valence-electron chi connectivity index (χ4n) is 3.38. The van der Waals surface area contributed by atoms with Crippen LogP contribution in [0.1, 0.15) is 24.0 Å². The van der Waals surface area contributed by atoms with Gasteiger partial charge in [-0.3, -0.25) is 4.90 Å². The average Bonchev–Trinajstić information content (AvgIpc) is 3.08. The van der Waals surface area contributed by atoms with E-state index in [2.05, 4.69) is 33.0 Å². The summed E-state index contributed by atoms with van der Waals surface area (Å²) in [6, 6.07) is 12.4. The molecule has 1 aliphatic rings. The highest BCUT2D eigenvalue weighted by atomic mass is 79.9. The molecule has 26 heavy (non-hydrogen) atoms. The maximum atomic E-state index is 9.58. The molecule has 0 unspecified atom stereocenters. The van der Waals surface area contributed by atoms with Crippen LogP contribution < -0.4 is 4.74 Å². The zero-order chi connectivity index (χ0) is 18.5. The number of ether oxygens (including phenoxy) is 1. The summed E-state index contributed by atoms with van der Waals surface area (Å²) in [5, 5.41) is 10.4. The van der Waals surface area contributed by atoms with Crippen molar-refractivity contribution in [2.45, 2.75) is 36.1 Å². The normalized spacial score (nSPS) is 17.6. The first kappa shape index (κ1) is 20.0. The summed E-state index contributed by atoms with van der Waals surface area (Å²) in [6.07, 6.45) is 2.21. The molecule has 1 aliphatic heterocycles. The second-order valence-electron chi connectivity index (χ2n) is 6.42. The van der Waals surface area contributed by atoms with Gasteiger partial charge in [0, 0.05) is 33.3 Å². The zero-order valence-corrected chi connectivity index (χ0v) is 17.9. The second-order valence-corrected chi connectivity index (χ2v) is 8.73. The maximum absolute atomic E-state index is 9.58. The number of rotatable bonds is 7. The number of likely N-dealkylation sites (tertiary alicyclic amines) is 1. The summed E-state index contributed by atoms with van der Waals surface area (Å²) >= 11 is 11.8. The summed E-state index contributed by atoms with van der Waals surface area (Å²) in [5.41, 5.74) is 2.35. The van der Waals surface area contributed by atoms with Crippen molar-refractivity contribution in [3.05, 3.63) is 57.0 Å². The van der Waals surface area contributed by atoms with Gasteiger partial charge in [-0.2, -0.15) is 0 Å². The number of hydrogen-bond acceptors (Lipinski definition) is 4. The highest BCUT2D eigenvalue weighted by Gasteiger charge is 2.24. The van der Waals surface area contributed by atoms with E-state index < -0.39 is 0 Å². The number of methoxy groups -OCH3 is 1. The van der Waals surface area contributed by atoms with Crippen molar-refractivity contribution >= 4 is 39.3 Å². The molecular weight excluding hydrogens is 434 g/mol. The first-order chi connectivity index (χ1) is 12.6. The number of aliphatic hydroxyl groups excluding tert-OH is 1. The molecular formula is C20H23BrClNO2S. The van der Waals surface area contributed by atoms with E-state index in [1.807, 2.05) is 24.3 Å². The topological polar surface area (TPSA) is 32.7 Å². The lowest BCUT2D eigenvalue weighted by Gasteiger charge is -2.24. The number of thioether (sulfide) groups is 1. The van der Waals surface area contributed by atoms with Crippen LogP contribution >= 0.6 is 39.3 Å². The molecule has 1 saturated heterocycles. The minimum absolute atomic E-state index is 0.221. The van der Waals surface area contributed by atoms with Gasteiger partial charge in [0.1, 0.15) is 5.75 Å². The molecule has 6 heteroatoms. The summed E-state index contributed by atoms with van der Waals surface area (Å²) in [6.45, 7) is 2.07. The van der Waals surface area contributed by atoms with Gasteiger partial charge in [0.25, 0.3) is 0 Å². The van der Waals surface area contributed by atoms with E-state index in [-0.39, 0.29) is 12.6 Å². The van der Waals surface area contributed by atoms with Crippen LogP contribution in [0.5, 0.6) is 5.75 Å². The van der Waals surface area contributed by atoms with Crippen LogP contribution in [0.2, 0.25) is 5.02 Å². The van der Waals surface area contributed by atoms with Crippen molar-refractivity contribution in [2.75, 3.05) is 20.3 Å². The van der Waals surface area contributed by atoms with Crippen LogP contribution in [0, 0.1) is 0 Å². The number of aliphatic hydroxyl groups is 1. The van der Waals surface area contributed by atoms with Crippen LogP contribution in [0.15, 0.2) is 45.8 Å². The quantitative estimate of drug-likeness (QED) is 0.569. The van der Waals surface area contributed by atoms with Crippen molar-refractivity contribution in [2.24, 2.45) is 0 Å². The fourth-order valence-corrected chi connectivity index (χ4v) is 5.19. The largest absolute Gasteiger partial charge is 0.496 e. The number of benzene rings is 2. The monoisotopic (exact) mass is 455 g/mol. The van der Waals surface area contributed by atoms with Gasteiger partial charge in [0.05, 0.1) is 18.7 Å². The molecule has 2 aromatic carbocycles. The Morgan fingerprint density at radius 2 is 2.15 bits per heavy atom. The second kappa shape index (κ2) is 9.47. The molecule has 3 nitrogen and oxygen atoms in total. The van der Waals surface area contributed by atoms with Crippen LogP contribution in [-0.4, -0.2) is 36.3 Å². The van der Waals surface area contributed by atoms with Crippen LogP contribution in [-0.2, 0) is 12.3 Å². The van der Waals surface area contributed by atoms with Gasteiger partial charge in [-0.15, -0.1) is 11.8 Å². The number of hydrogen-bond donors (Lipinski definition) is 1. The third kappa shape index (κ3) is 4.76. The van der Waals surface area contributed by atoms with E-state index >= 15 is 0 Å². The highest BCUT2D eigenvalue weighted by Crippen LogP contribution is 2.37. The minimum Gasteiger partial charge on any atom is -0.496 e. The Kier molecular flexibility index (Phi) is 7.29. The first-order valence-electron chi connectivity index (χ1n) is 8.70. The molecule has 2 aromatic rings. The summed E-state index contributed by atoms with van der Waals surface area (Å²) in [7, 11) is 1.70. The van der Waals surface area contributed by atoms with Gasteiger partial charge in [0.15, 0.2) is 0 Å². The lowest BCUT2D eigenvalue weighted by atomic mass is 10.2. The standard InChI is InChI=1S/C20H23BrClNO2S/c1-25-19-8-7-16(21)10-15(19)13-26-20-14(4-2-6-18(20)22)11-23-9-3-5-17(23)12-24/h2,4,6-8,10,17,24H,3,5,9,11-13H2,1H3/t17-/m0/s1. The molecule has 1 fully saturated rings. The molecule has 0 saturated carbocycles. The summed E-state index contributed by atoms with van der Waals surface area (Å²) in [4.78, 5) is 3.47. The number of halogens is 2. The van der Waals surface area contributed by atoms with E-state index in [1.165, 1.54) is 5.56 Å². The molecule has 0 spiro atoms. The van der Waals surface area contributed by atoms with Crippen LogP contribution in [0.4, 0.5) is 0 Å². The van der Waals surface area contributed by atoms with Gasteiger partial charge in [-0.1, -0.05) is 39.7 Å². The Labute approximate surface area is 172 Å². The van der Waals surface area contributed by atoms with Gasteiger partial charge in [-0.05, 0) is 49.2 Å². The summed E-state index contributed by atoms with van der Waals surface area (Å²) < 4.78 is 6.52. The zero-order valence-electron chi connectivity index (χ0n) is 14.8. The molecule has 0 radical (unpaired) electrons. The minimum atomic E-state index is 0.221. The lowest BCUT2D eigenvalue weighted by Crippen LogP contribution is -2.31. The predicted octanol–water partition coefficient (Wildman–Crippen LogP) is 5.36. The SMILES string of the molecule is COc1ccc(Br)cc1CSc1c(Cl)cccc1CN1CCC[C@H]1CO. The van der Waals surface area contributed by atoms with Crippen LogP contribution in [0.25, 0.3) is 0 Å². The van der Waals surface area contributed by atoms with Crippen molar-refractivity contribution < 1.29 is 9.84 Å². The van der Waals surface area contributed by atoms with E-state index in [4.69, 9.17) is 16.3 Å². The van der Waals surface area contributed by atoms with E-state index in [1.54, 1.807) is 18.9 Å². The Morgan fingerprint density at radius 1 is 1.31 bits per heavy atom. The molecule has 1 atom stereocenters. The Hall–Kier alpha value is -0.720. The Bertz CT molecular complexity index is 759. The molecule has 1 heterocycles. The fraction of sp³-hybridized carbons (Fsp3) is 0.400. The van der Waals surface area contributed by atoms with Gasteiger partial charge >= 0.3 is 0 Å². The molecule has 0 bridgehead atoms. The van der Waals surface area contributed by atoms with E-state index in [0.717, 1.165) is 57.4 Å². The summed E-state index contributed by atoms with van der Waals surface area (Å²) in [5.74, 6) is 1.66. The molecule has 1 N–H and O–H groups in total. The number of nitrogens with zero attached hydrogens (tertiary/aromatic N) is 1. The lowest BCUT2D eigenvalue weighted by molar-refractivity contribution is 0.153. The van der Waals surface area contributed by atoms with Gasteiger partial charge in [0.2, 0.25) is 0 Å². The van der Waals surface area contributed by atoms with E-state index in [0.29, 0.717) is 0 Å². The predicted molar refractivity (Wildman–Crippen MR) is 112 cm³/mol. The smallest absolute Gasteiger partial charge is 0.122 e.